The van der Waals surface area contributed by atoms with E-state index in [1.807, 2.05) is 0 Å². The van der Waals surface area contributed by atoms with Gasteiger partial charge in [0.2, 0.25) is 0 Å². The molecule has 2 N–H and O–H groups in total. The van der Waals surface area contributed by atoms with Gasteiger partial charge in [0.1, 0.15) is 0 Å². The normalized spacial score (nSPS) is 32.6. The fraction of sp³-hybridized carbons (Fsp3) is 1.00. The summed E-state index contributed by atoms with van der Waals surface area (Å²) in [7, 11) is 1.72. The van der Waals surface area contributed by atoms with Gasteiger partial charge >= 0.3 is 0 Å². The Balaban J connectivity index is 2.41. The molecule has 4 atom stereocenters. The van der Waals surface area contributed by atoms with Crippen molar-refractivity contribution in [1.82, 2.24) is 5.32 Å². The van der Waals surface area contributed by atoms with E-state index >= 15 is 0 Å². The first kappa shape index (κ1) is 13.9. The van der Waals surface area contributed by atoms with E-state index in [1.54, 1.807) is 7.11 Å². The van der Waals surface area contributed by atoms with E-state index < -0.39 is 0 Å². The van der Waals surface area contributed by atoms with E-state index in [-0.39, 0.29) is 6.61 Å². The van der Waals surface area contributed by atoms with Crippen LogP contribution in [0.3, 0.4) is 0 Å². The van der Waals surface area contributed by atoms with Crippen molar-refractivity contribution in [2.24, 2.45) is 11.8 Å². The van der Waals surface area contributed by atoms with E-state index in [4.69, 9.17) is 9.84 Å². The molecule has 0 spiro atoms. The van der Waals surface area contributed by atoms with E-state index in [9.17, 15) is 0 Å². The van der Waals surface area contributed by atoms with Gasteiger partial charge in [-0.1, -0.05) is 20.3 Å². The first-order chi connectivity index (χ1) is 7.67. The number of ether oxygens (including phenoxy) is 1. The lowest BCUT2D eigenvalue weighted by atomic mass is 9.79. The lowest BCUT2D eigenvalue weighted by Gasteiger charge is -2.36. The fourth-order valence-electron chi connectivity index (χ4n) is 2.64. The maximum absolute atomic E-state index is 9.02. The zero-order valence-corrected chi connectivity index (χ0v) is 10.9. The van der Waals surface area contributed by atoms with Crippen LogP contribution in [-0.2, 0) is 4.74 Å². The highest BCUT2D eigenvalue weighted by molar-refractivity contribution is 4.84. The van der Waals surface area contributed by atoms with Crippen LogP contribution >= 0.6 is 0 Å². The molecule has 3 nitrogen and oxygen atoms in total. The molecule has 1 fully saturated rings. The number of rotatable bonds is 6. The van der Waals surface area contributed by atoms with Gasteiger partial charge in [-0.15, -0.1) is 0 Å². The lowest BCUT2D eigenvalue weighted by Crippen LogP contribution is -2.47. The maximum atomic E-state index is 9.02. The topological polar surface area (TPSA) is 41.5 Å². The molecule has 0 aromatic carbocycles. The molecule has 1 saturated carbocycles. The fourth-order valence-corrected chi connectivity index (χ4v) is 2.64. The van der Waals surface area contributed by atoms with Crippen LogP contribution in [0.2, 0.25) is 0 Å². The molecule has 96 valence electrons. The quantitative estimate of drug-likeness (QED) is 0.730. The Morgan fingerprint density at radius 3 is 2.75 bits per heavy atom. The zero-order chi connectivity index (χ0) is 12.0. The Hall–Kier alpha value is -0.120. The summed E-state index contributed by atoms with van der Waals surface area (Å²) in [6.45, 7) is 5.58. The highest BCUT2D eigenvalue weighted by Gasteiger charge is 2.26. The summed E-state index contributed by atoms with van der Waals surface area (Å²) < 4.78 is 5.19. The highest BCUT2D eigenvalue weighted by Crippen LogP contribution is 2.28. The molecule has 0 radical (unpaired) electrons. The zero-order valence-electron chi connectivity index (χ0n) is 10.9. The smallest absolute Gasteiger partial charge is 0.0616 e. The molecule has 0 amide bonds. The van der Waals surface area contributed by atoms with Crippen LogP contribution in [0.15, 0.2) is 0 Å². The Morgan fingerprint density at radius 2 is 2.12 bits per heavy atom. The third-order valence-electron chi connectivity index (χ3n) is 3.75. The van der Waals surface area contributed by atoms with Gasteiger partial charge in [0.05, 0.1) is 6.61 Å². The third kappa shape index (κ3) is 4.40. The van der Waals surface area contributed by atoms with Crippen molar-refractivity contribution in [3.63, 3.8) is 0 Å². The molecule has 0 aromatic heterocycles. The Bertz CT molecular complexity index is 181. The molecule has 0 heterocycles. The molecule has 1 rings (SSSR count). The number of hydrogen-bond acceptors (Lipinski definition) is 3. The summed E-state index contributed by atoms with van der Waals surface area (Å²) >= 11 is 0. The van der Waals surface area contributed by atoms with Crippen molar-refractivity contribution in [2.45, 2.75) is 51.6 Å². The minimum Gasteiger partial charge on any atom is -0.396 e. The molecule has 0 bridgehead atoms. The molecule has 0 saturated heterocycles. The van der Waals surface area contributed by atoms with E-state index in [0.717, 1.165) is 18.3 Å². The van der Waals surface area contributed by atoms with Gasteiger partial charge in [0.15, 0.2) is 0 Å². The molecular weight excluding hydrogens is 202 g/mol. The predicted molar refractivity (Wildman–Crippen MR) is 66.5 cm³/mol. The Morgan fingerprint density at radius 1 is 1.38 bits per heavy atom. The highest BCUT2D eigenvalue weighted by atomic mass is 16.5. The number of nitrogens with one attached hydrogen (secondary N) is 1. The van der Waals surface area contributed by atoms with Crippen molar-refractivity contribution >= 4 is 0 Å². The number of hydrogen-bond donors (Lipinski definition) is 2. The average Bonchev–Trinajstić information content (AvgIpc) is 2.24. The van der Waals surface area contributed by atoms with Gasteiger partial charge in [0, 0.05) is 25.8 Å². The third-order valence-corrected chi connectivity index (χ3v) is 3.75. The van der Waals surface area contributed by atoms with Crippen molar-refractivity contribution < 1.29 is 9.84 Å². The number of aliphatic hydroxyl groups excluding tert-OH is 1. The second-order valence-corrected chi connectivity index (χ2v) is 5.33. The summed E-state index contributed by atoms with van der Waals surface area (Å²) in [4.78, 5) is 0. The van der Waals surface area contributed by atoms with Gasteiger partial charge in [-0.3, -0.25) is 0 Å². The van der Waals surface area contributed by atoms with Crippen LogP contribution in [-0.4, -0.2) is 37.5 Å². The molecular formula is C13H27NO2. The summed E-state index contributed by atoms with van der Waals surface area (Å²) in [5, 5.41) is 12.7. The summed E-state index contributed by atoms with van der Waals surface area (Å²) in [5.41, 5.74) is 0. The molecule has 1 aliphatic rings. The molecule has 0 aliphatic heterocycles. The van der Waals surface area contributed by atoms with E-state index in [2.05, 4.69) is 19.2 Å². The minimum atomic E-state index is 0.234. The van der Waals surface area contributed by atoms with Crippen LogP contribution in [0.1, 0.15) is 39.5 Å². The molecule has 1 aliphatic carbocycles. The van der Waals surface area contributed by atoms with Crippen molar-refractivity contribution in [2.75, 3.05) is 20.3 Å². The second-order valence-electron chi connectivity index (χ2n) is 5.33. The SMILES string of the molecule is COCC(CCO)NC1CC(C)CCC1C. The van der Waals surface area contributed by atoms with Gasteiger partial charge in [-0.25, -0.2) is 0 Å². The lowest BCUT2D eigenvalue weighted by molar-refractivity contribution is 0.123. The van der Waals surface area contributed by atoms with Gasteiger partial charge in [0.25, 0.3) is 0 Å². The largest absolute Gasteiger partial charge is 0.396 e. The first-order valence-electron chi connectivity index (χ1n) is 6.53. The van der Waals surface area contributed by atoms with Crippen molar-refractivity contribution in [3.8, 4) is 0 Å². The Kier molecular flexibility index (Phi) is 6.32. The monoisotopic (exact) mass is 229 g/mol. The standard InChI is InChI=1S/C13H27NO2/c1-10-4-5-11(2)13(8-10)14-12(6-7-15)9-16-3/h10-15H,4-9H2,1-3H3. The van der Waals surface area contributed by atoms with Crippen LogP contribution in [0.5, 0.6) is 0 Å². The first-order valence-corrected chi connectivity index (χ1v) is 6.53. The van der Waals surface area contributed by atoms with Crippen LogP contribution in [0.4, 0.5) is 0 Å². The van der Waals surface area contributed by atoms with Crippen molar-refractivity contribution in [1.29, 1.82) is 0 Å². The van der Waals surface area contributed by atoms with Crippen LogP contribution in [0.25, 0.3) is 0 Å². The average molecular weight is 229 g/mol. The van der Waals surface area contributed by atoms with Crippen LogP contribution in [0, 0.1) is 11.8 Å². The molecule has 16 heavy (non-hydrogen) atoms. The molecule has 3 heteroatoms. The number of methoxy groups -OCH3 is 1. The second kappa shape index (κ2) is 7.25. The van der Waals surface area contributed by atoms with Crippen LogP contribution < -0.4 is 5.32 Å². The van der Waals surface area contributed by atoms with Gasteiger partial charge < -0.3 is 15.2 Å². The van der Waals surface area contributed by atoms with Gasteiger partial charge in [-0.05, 0) is 31.1 Å². The number of aliphatic hydroxyl groups is 1. The Labute approximate surface area is 99.6 Å². The summed E-state index contributed by atoms with van der Waals surface area (Å²) in [5.74, 6) is 1.57. The molecule has 0 aromatic rings. The van der Waals surface area contributed by atoms with Gasteiger partial charge in [-0.2, -0.15) is 0 Å². The summed E-state index contributed by atoms with van der Waals surface area (Å²) in [6.07, 6.45) is 4.71. The van der Waals surface area contributed by atoms with Crippen molar-refractivity contribution in [3.05, 3.63) is 0 Å². The van der Waals surface area contributed by atoms with E-state index in [0.29, 0.717) is 18.7 Å². The summed E-state index contributed by atoms with van der Waals surface area (Å²) in [6, 6.07) is 0.892. The minimum absolute atomic E-state index is 0.234. The predicted octanol–water partition coefficient (Wildman–Crippen LogP) is 1.80. The van der Waals surface area contributed by atoms with E-state index in [1.165, 1.54) is 19.3 Å². The molecule has 4 unspecified atom stereocenters. The maximum Gasteiger partial charge on any atom is 0.0616 e.